The van der Waals surface area contributed by atoms with E-state index in [9.17, 15) is 18.0 Å². The van der Waals surface area contributed by atoms with Gasteiger partial charge in [0.25, 0.3) is 0 Å². The van der Waals surface area contributed by atoms with Crippen molar-refractivity contribution >= 4 is 41.7 Å². The number of nitrogens with zero attached hydrogens (tertiary/aromatic N) is 1. The zero-order chi connectivity index (χ0) is 18.2. The standard InChI is InChI=1S/C14H19ClF3N3O2S.ClH/c1-24-6-3-11(19)12(22)20-4-2-5-23-13-10(15)7-9(8-21-13)14(16,17)18;/h7-8,11H,2-6,19H2,1H3,(H,20,22);1H. The molecule has 25 heavy (non-hydrogen) atoms. The smallest absolute Gasteiger partial charge is 0.417 e. The first-order valence-corrected chi connectivity index (χ1v) is 8.90. The summed E-state index contributed by atoms with van der Waals surface area (Å²) in [5.41, 5.74) is 4.76. The van der Waals surface area contributed by atoms with Crippen molar-refractivity contribution < 1.29 is 22.7 Å². The van der Waals surface area contributed by atoms with Gasteiger partial charge in [0.2, 0.25) is 11.8 Å². The van der Waals surface area contributed by atoms with E-state index in [2.05, 4.69) is 10.3 Å². The van der Waals surface area contributed by atoms with Gasteiger partial charge in [-0.15, -0.1) is 12.4 Å². The summed E-state index contributed by atoms with van der Waals surface area (Å²) >= 11 is 7.32. The molecule has 0 bridgehead atoms. The summed E-state index contributed by atoms with van der Waals surface area (Å²) in [4.78, 5) is 15.2. The second-order valence-electron chi connectivity index (χ2n) is 4.89. The number of hydrogen-bond acceptors (Lipinski definition) is 5. The molecule has 0 aliphatic heterocycles. The van der Waals surface area contributed by atoms with Gasteiger partial charge in [-0.3, -0.25) is 4.79 Å². The summed E-state index contributed by atoms with van der Waals surface area (Å²) < 4.78 is 42.7. The van der Waals surface area contributed by atoms with E-state index in [1.165, 1.54) is 0 Å². The minimum atomic E-state index is -4.51. The summed E-state index contributed by atoms with van der Waals surface area (Å²) in [5, 5.41) is 2.45. The first-order valence-electron chi connectivity index (χ1n) is 7.13. The summed E-state index contributed by atoms with van der Waals surface area (Å²) in [6.07, 6.45) is -0.876. The largest absolute Gasteiger partial charge is 0.477 e. The SMILES string of the molecule is CSCCC(N)C(=O)NCCCOc1ncc(C(F)(F)F)cc1Cl.Cl. The molecule has 0 fully saturated rings. The maximum atomic E-state index is 12.5. The van der Waals surface area contributed by atoms with Gasteiger partial charge in [0.05, 0.1) is 18.2 Å². The molecule has 3 N–H and O–H groups in total. The number of nitrogens with one attached hydrogen (secondary N) is 1. The highest BCUT2D eigenvalue weighted by Gasteiger charge is 2.31. The maximum Gasteiger partial charge on any atom is 0.417 e. The number of alkyl halides is 3. The Morgan fingerprint density at radius 2 is 2.20 bits per heavy atom. The highest BCUT2D eigenvalue weighted by Crippen LogP contribution is 2.33. The predicted octanol–water partition coefficient (Wildman–Crippen LogP) is 3.14. The van der Waals surface area contributed by atoms with Gasteiger partial charge in [-0.2, -0.15) is 24.9 Å². The summed E-state index contributed by atoms with van der Waals surface area (Å²) in [6, 6.07) is 0.209. The van der Waals surface area contributed by atoms with Crippen LogP contribution < -0.4 is 15.8 Å². The first kappa shape index (κ1) is 24.1. The Hall–Kier alpha value is -0.900. The number of rotatable bonds is 9. The van der Waals surface area contributed by atoms with Crippen LogP contribution in [-0.4, -0.2) is 42.1 Å². The van der Waals surface area contributed by atoms with E-state index in [0.717, 1.165) is 11.8 Å². The van der Waals surface area contributed by atoms with Crippen LogP contribution in [0.25, 0.3) is 0 Å². The van der Waals surface area contributed by atoms with Gasteiger partial charge in [0.15, 0.2) is 0 Å². The molecule has 1 aromatic rings. The molecule has 0 aliphatic rings. The molecule has 1 unspecified atom stereocenters. The van der Waals surface area contributed by atoms with Crippen LogP contribution in [0.3, 0.4) is 0 Å². The number of pyridine rings is 1. The van der Waals surface area contributed by atoms with Crippen molar-refractivity contribution in [3.63, 3.8) is 0 Å². The molecule has 11 heteroatoms. The van der Waals surface area contributed by atoms with Crippen molar-refractivity contribution in [3.05, 3.63) is 22.8 Å². The monoisotopic (exact) mass is 421 g/mol. The third-order valence-electron chi connectivity index (χ3n) is 2.96. The number of nitrogens with two attached hydrogens (primary N) is 1. The van der Waals surface area contributed by atoms with Gasteiger partial charge in [0, 0.05) is 12.7 Å². The normalized spacial score (nSPS) is 12.2. The third-order valence-corrected chi connectivity index (χ3v) is 3.88. The summed E-state index contributed by atoms with van der Waals surface area (Å²) in [6.45, 7) is 0.489. The zero-order valence-corrected chi connectivity index (χ0v) is 15.8. The number of aromatic nitrogens is 1. The fraction of sp³-hybridized carbons (Fsp3) is 0.571. The number of thioether (sulfide) groups is 1. The van der Waals surface area contributed by atoms with Crippen LogP contribution >= 0.6 is 35.8 Å². The van der Waals surface area contributed by atoms with Gasteiger partial charge in [-0.05, 0) is 30.9 Å². The quantitative estimate of drug-likeness (QED) is 0.598. The lowest BCUT2D eigenvalue weighted by Crippen LogP contribution is -2.41. The average Bonchev–Trinajstić information content (AvgIpc) is 2.52. The van der Waals surface area contributed by atoms with Crippen molar-refractivity contribution in [2.75, 3.05) is 25.2 Å². The van der Waals surface area contributed by atoms with Crippen LogP contribution in [0.5, 0.6) is 5.88 Å². The van der Waals surface area contributed by atoms with Crippen LogP contribution in [0.15, 0.2) is 12.3 Å². The Labute approximate surface area is 159 Å². The average molecular weight is 422 g/mol. The molecule has 144 valence electrons. The zero-order valence-electron chi connectivity index (χ0n) is 13.4. The number of amides is 1. The lowest BCUT2D eigenvalue weighted by Gasteiger charge is -2.12. The topological polar surface area (TPSA) is 77.2 Å². The molecule has 5 nitrogen and oxygen atoms in total. The highest BCUT2D eigenvalue weighted by atomic mass is 35.5. The van der Waals surface area contributed by atoms with E-state index in [0.29, 0.717) is 25.6 Å². The number of hydrogen-bond donors (Lipinski definition) is 2. The van der Waals surface area contributed by atoms with Crippen molar-refractivity contribution in [1.82, 2.24) is 10.3 Å². The fourth-order valence-corrected chi connectivity index (χ4v) is 2.36. The van der Waals surface area contributed by atoms with E-state index >= 15 is 0 Å². The van der Waals surface area contributed by atoms with Crippen LogP contribution in [0.2, 0.25) is 5.02 Å². The minimum absolute atomic E-state index is 0. The van der Waals surface area contributed by atoms with Crippen LogP contribution in [0.4, 0.5) is 13.2 Å². The second-order valence-corrected chi connectivity index (χ2v) is 6.28. The van der Waals surface area contributed by atoms with Crippen LogP contribution in [0, 0.1) is 0 Å². The molecule has 1 aromatic heterocycles. The van der Waals surface area contributed by atoms with Gasteiger partial charge >= 0.3 is 6.18 Å². The van der Waals surface area contributed by atoms with E-state index in [1.54, 1.807) is 11.8 Å². The van der Waals surface area contributed by atoms with Gasteiger partial charge in [0.1, 0.15) is 5.02 Å². The van der Waals surface area contributed by atoms with Crippen molar-refractivity contribution in [3.8, 4) is 5.88 Å². The molecule has 0 aromatic carbocycles. The Morgan fingerprint density at radius 3 is 2.76 bits per heavy atom. The minimum Gasteiger partial charge on any atom is -0.477 e. The Morgan fingerprint density at radius 1 is 1.52 bits per heavy atom. The number of halogens is 5. The van der Waals surface area contributed by atoms with E-state index < -0.39 is 17.8 Å². The molecule has 0 spiro atoms. The molecular formula is C14H20Cl2F3N3O2S. The number of ether oxygens (including phenoxy) is 1. The predicted molar refractivity (Wildman–Crippen MR) is 95.6 cm³/mol. The Balaban J connectivity index is 0.00000576. The molecule has 0 saturated carbocycles. The highest BCUT2D eigenvalue weighted by molar-refractivity contribution is 7.98. The first-order chi connectivity index (χ1) is 11.3. The van der Waals surface area contributed by atoms with Crippen molar-refractivity contribution in [2.24, 2.45) is 5.73 Å². The lowest BCUT2D eigenvalue weighted by atomic mass is 10.2. The van der Waals surface area contributed by atoms with Gasteiger partial charge in [-0.1, -0.05) is 11.6 Å². The lowest BCUT2D eigenvalue weighted by molar-refractivity contribution is -0.137. The number of carbonyl (C=O) groups is 1. The Bertz CT molecular complexity index is 551. The summed E-state index contributed by atoms with van der Waals surface area (Å²) in [5.74, 6) is 0.484. The van der Waals surface area contributed by atoms with Crippen molar-refractivity contribution in [1.29, 1.82) is 0 Å². The molecule has 1 rings (SSSR count). The molecule has 0 aliphatic carbocycles. The maximum absolute atomic E-state index is 12.5. The van der Waals surface area contributed by atoms with Crippen LogP contribution in [-0.2, 0) is 11.0 Å². The molecule has 1 amide bonds. The second kappa shape index (κ2) is 11.7. The van der Waals surface area contributed by atoms with Gasteiger partial charge < -0.3 is 15.8 Å². The van der Waals surface area contributed by atoms with E-state index in [1.807, 2.05) is 6.26 Å². The Kier molecular flexibility index (Phi) is 11.2. The van der Waals surface area contributed by atoms with Crippen LogP contribution in [0.1, 0.15) is 18.4 Å². The fourth-order valence-electron chi connectivity index (χ4n) is 1.65. The number of carbonyl (C=O) groups excluding carboxylic acids is 1. The van der Waals surface area contributed by atoms with E-state index in [-0.39, 0.29) is 35.8 Å². The molecular weight excluding hydrogens is 402 g/mol. The third kappa shape index (κ3) is 8.84. The molecule has 0 saturated heterocycles. The van der Waals surface area contributed by atoms with Gasteiger partial charge in [-0.25, -0.2) is 4.98 Å². The molecule has 1 heterocycles. The molecule has 0 radical (unpaired) electrons. The summed E-state index contributed by atoms with van der Waals surface area (Å²) in [7, 11) is 0. The van der Waals surface area contributed by atoms with E-state index in [4.69, 9.17) is 22.1 Å². The van der Waals surface area contributed by atoms with Crippen molar-refractivity contribution in [2.45, 2.75) is 25.1 Å². The molecule has 1 atom stereocenters.